The van der Waals surface area contributed by atoms with Crippen LogP contribution in [0.25, 0.3) is 0 Å². The smallest absolute Gasteiger partial charge is 0.326 e. The molecule has 0 aromatic carbocycles. The second kappa shape index (κ2) is 7.88. The van der Waals surface area contributed by atoms with Crippen molar-refractivity contribution in [3.63, 3.8) is 0 Å². The molecule has 0 fully saturated rings. The number of hydrogen-bond acceptors (Lipinski definition) is 5. The van der Waals surface area contributed by atoms with Gasteiger partial charge in [0.15, 0.2) is 0 Å². The number of amides is 2. The van der Waals surface area contributed by atoms with Gasteiger partial charge < -0.3 is 20.8 Å². The number of nitrogens with one attached hydrogen (secondary N) is 2. The quantitative estimate of drug-likeness (QED) is 0.403. The molecule has 1 atom stereocenters. The highest BCUT2D eigenvalue weighted by molar-refractivity contribution is 7.90. The fourth-order valence-corrected chi connectivity index (χ4v) is 1.80. The average molecular weight is 282 g/mol. The highest BCUT2D eigenvalue weighted by Gasteiger charge is 2.18. The average Bonchev–Trinajstić information content (AvgIpc) is 2.22. The summed E-state index contributed by atoms with van der Waals surface area (Å²) in [5.41, 5.74) is 0. The van der Waals surface area contributed by atoms with E-state index in [1.807, 2.05) is 0 Å². The standard InChI is InChI=1S/C9H18N2O6S/c1-18(16,17)6-2-4-10-9(15)11-7(3-5-12)8(13)14/h7,12H,2-6H2,1H3,(H,13,14)(H2,10,11,15). The molecule has 0 spiro atoms. The summed E-state index contributed by atoms with van der Waals surface area (Å²) in [7, 11) is -3.07. The lowest BCUT2D eigenvalue weighted by molar-refractivity contribution is -0.139. The van der Waals surface area contributed by atoms with E-state index in [0.717, 1.165) is 6.26 Å². The topological polar surface area (TPSA) is 133 Å². The zero-order valence-corrected chi connectivity index (χ0v) is 10.9. The molecule has 0 aliphatic carbocycles. The molecule has 4 N–H and O–H groups in total. The van der Waals surface area contributed by atoms with E-state index < -0.39 is 27.9 Å². The number of carboxylic acids is 1. The van der Waals surface area contributed by atoms with Crippen molar-refractivity contribution in [1.29, 1.82) is 0 Å². The molecule has 0 radical (unpaired) electrons. The van der Waals surface area contributed by atoms with Crippen molar-refractivity contribution >= 4 is 21.8 Å². The normalized spacial score (nSPS) is 12.8. The number of carboxylic acid groups (broad SMARTS) is 1. The molecular formula is C9H18N2O6S. The van der Waals surface area contributed by atoms with Crippen LogP contribution >= 0.6 is 0 Å². The van der Waals surface area contributed by atoms with E-state index in [-0.39, 0.29) is 31.7 Å². The molecule has 0 saturated heterocycles. The van der Waals surface area contributed by atoms with Gasteiger partial charge in [0.1, 0.15) is 15.9 Å². The summed E-state index contributed by atoms with van der Waals surface area (Å²) >= 11 is 0. The third-order valence-electron chi connectivity index (χ3n) is 2.00. The minimum atomic E-state index is -3.07. The predicted octanol–water partition coefficient (Wildman–Crippen LogP) is -1.44. The van der Waals surface area contributed by atoms with E-state index in [0.29, 0.717) is 0 Å². The van der Waals surface area contributed by atoms with Gasteiger partial charge in [0.25, 0.3) is 0 Å². The second-order valence-electron chi connectivity index (χ2n) is 3.79. The Morgan fingerprint density at radius 3 is 2.39 bits per heavy atom. The first-order chi connectivity index (χ1) is 8.26. The van der Waals surface area contributed by atoms with Crippen LogP contribution in [0, 0.1) is 0 Å². The van der Waals surface area contributed by atoms with Crippen molar-refractivity contribution in [1.82, 2.24) is 10.6 Å². The Kier molecular flexibility index (Phi) is 7.29. The summed E-state index contributed by atoms with van der Waals surface area (Å²) in [6, 6.07) is -1.87. The Balaban J connectivity index is 3.92. The molecule has 8 nitrogen and oxygen atoms in total. The van der Waals surface area contributed by atoms with Crippen molar-refractivity contribution in [2.45, 2.75) is 18.9 Å². The van der Waals surface area contributed by atoms with Crippen LogP contribution in [-0.4, -0.2) is 61.8 Å². The van der Waals surface area contributed by atoms with Gasteiger partial charge in [-0.25, -0.2) is 18.0 Å². The summed E-state index contributed by atoms with van der Waals surface area (Å²) in [6.07, 6.45) is 1.25. The molecule has 0 aliphatic rings. The predicted molar refractivity (Wildman–Crippen MR) is 64.0 cm³/mol. The molecule has 1 unspecified atom stereocenters. The first-order valence-electron chi connectivity index (χ1n) is 5.32. The summed E-state index contributed by atoms with van der Waals surface area (Å²) in [6.45, 7) is -0.226. The van der Waals surface area contributed by atoms with Gasteiger partial charge in [-0.1, -0.05) is 0 Å². The number of aliphatic hydroxyl groups is 1. The van der Waals surface area contributed by atoms with Gasteiger partial charge in [-0.05, 0) is 6.42 Å². The van der Waals surface area contributed by atoms with Gasteiger partial charge in [-0.3, -0.25) is 0 Å². The van der Waals surface area contributed by atoms with Gasteiger partial charge in [-0.2, -0.15) is 0 Å². The Bertz CT molecular complexity index is 381. The van der Waals surface area contributed by atoms with Crippen molar-refractivity contribution in [3.05, 3.63) is 0 Å². The first kappa shape index (κ1) is 16.6. The Labute approximate surface area is 105 Å². The maximum Gasteiger partial charge on any atom is 0.326 e. The van der Waals surface area contributed by atoms with Crippen LogP contribution in [0.2, 0.25) is 0 Å². The van der Waals surface area contributed by atoms with E-state index in [1.165, 1.54) is 0 Å². The maximum atomic E-state index is 11.2. The minimum absolute atomic E-state index is 0.0493. The molecule has 0 heterocycles. The maximum absolute atomic E-state index is 11.2. The summed E-state index contributed by atoms with van der Waals surface area (Å²) in [5.74, 6) is -1.29. The zero-order valence-electron chi connectivity index (χ0n) is 10.0. The lowest BCUT2D eigenvalue weighted by Crippen LogP contribution is -2.46. The first-order valence-corrected chi connectivity index (χ1v) is 7.38. The molecule has 9 heteroatoms. The molecule has 106 valence electrons. The zero-order chi connectivity index (χ0) is 14.2. The second-order valence-corrected chi connectivity index (χ2v) is 6.05. The van der Waals surface area contributed by atoms with Crippen molar-refractivity contribution in [3.8, 4) is 0 Å². The summed E-state index contributed by atoms with van der Waals surface area (Å²) in [4.78, 5) is 21.9. The molecule has 0 rings (SSSR count). The van der Waals surface area contributed by atoms with Crippen LogP contribution in [0.3, 0.4) is 0 Å². The lowest BCUT2D eigenvalue weighted by atomic mass is 10.2. The summed E-state index contributed by atoms with van der Waals surface area (Å²) < 4.78 is 21.6. The fraction of sp³-hybridized carbons (Fsp3) is 0.778. The number of rotatable bonds is 8. The number of sulfone groups is 1. The van der Waals surface area contributed by atoms with Crippen molar-refractivity contribution in [2.24, 2.45) is 0 Å². The number of carbonyl (C=O) groups is 2. The van der Waals surface area contributed by atoms with E-state index in [4.69, 9.17) is 10.2 Å². The molecule has 2 amide bonds. The summed E-state index contributed by atoms with van der Waals surface area (Å²) in [5, 5.41) is 21.8. The van der Waals surface area contributed by atoms with Gasteiger partial charge in [0, 0.05) is 25.8 Å². The lowest BCUT2D eigenvalue weighted by Gasteiger charge is -2.13. The van der Waals surface area contributed by atoms with Crippen LogP contribution in [0.5, 0.6) is 0 Å². The third-order valence-corrected chi connectivity index (χ3v) is 3.03. The van der Waals surface area contributed by atoms with E-state index in [2.05, 4.69) is 10.6 Å². The van der Waals surface area contributed by atoms with Crippen LogP contribution in [0.4, 0.5) is 4.79 Å². The minimum Gasteiger partial charge on any atom is -0.480 e. The van der Waals surface area contributed by atoms with E-state index in [9.17, 15) is 18.0 Å². The highest BCUT2D eigenvalue weighted by Crippen LogP contribution is 1.91. The molecular weight excluding hydrogens is 264 g/mol. The van der Waals surface area contributed by atoms with E-state index in [1.54, 1.807) is 0 Å². The van der Waals surface area contributed by atoms with Gasteiger partial charge in [0.05, 0.1) is 5.75 Å². The van der Waals surface area contributed by atoms with Crippen molar-refractivity contribution in [2.75, 3.05) is 25.2 Å². The SMILES string of the molecule is CS(=O)(=O)CCCNC(=O)NC(CCO)C(=O)O. The van der Waals surface area contributed by atoms with Crippen LogP contribution in [0.15, 0.2) is 0 Å². The molecule has 0 saturated carbocycles. The van der Waals surface area contributed by atoms with Crippen molar-refractivity contribution < 1.29 is 28.2 Å². The van der Waals surface area contributed by atoms with Crippen LogP contribution in [-0.2, 0) is 14.6 Å². The monoisotopic (exact) mass is 282 g/mol. The number of aliphatic carboxylic acids is 1. The largest absolute Gasteiger partial charge is 0.480 e. The number of carbonyl (C=O) groups excluding carboxylic acids is 1. The Morgan fingerprint density at radius 2 is 1.94 bits per heavy atom. The molecule has 0 bridgehead atoms. The molecule has 0 aromatic rings. The van der Waals surface area contributed by atoms with Gasteiger partial charge in [0.2, 0.25) is 0 Å². The van der Waals surface area contributed by atoms with E-state index >= 15 is 0 Å². The van der Waals surface area contributed by atoms with Gasteiger partial charge >= 0.3 is 12.0 Å². The number of urea groups is 1. The molecule has 18 heavy (non-hydrogen) atoms. The third kappa shape index (κ3) is 8.76. The van der Waals surface area contributed by atoms with Crippen LogP contribution < -0.4 is 10.6 Å². The number of aliphatic hydroxyl groups excluding tert-OH is 1. The Hall–Kier alpha value is -1.35. The Morgan fingerprint density at radius 1 is 1.33 bits per heavy atom. The van der Waals surface area contributed by atoms with Gasteiger partial charge in [-0.15, -0.1) is 0 Å². The molecule has 0 aromatic heterocycles. The highest BCUT2D eigenvalue weighted by atomic mass is 32.2. The van der Waals surface area contributed by atoms with Crippen LogP contribution in [0.1, 0.15) is 12.8 Å². The fourth-order valence-electron chi connectivity index (χ4n) is 1.13. The molecule has 0 aliphatic heterocycles. The number of hydrogen-bond donors (Lipinski definition) is 4.